The highest BCUT2D eigenvalue weighted by Crippen LogP contribution is 2.31. The van der Waals surface area contributed by atoms with E-state index in [2.05, 4.69) is 38.1 Å². The lowest BCUT2D eigenvalue weighted by molar-refractivity contribution is 0.187. The van der Waals surface area contributed by atoms with Gasteiger partial charge in [0.1, 0.15) is 23.8 Å². The number of aromatic nitrogens is 2. The van der Waals surface area contributed by atoms with Crippen molar-refractivity contribution in [3.63, 3.8) is 0 Å². The lowest BCUT2D eigenvalue weighted by atomic mass is 10.1. The van der Waals surface area contributed by atoms with Gasteiger partial charge in [0.15, 0.2) is 0 Å². The summed E-state index contributed by atoms with van der Waals surface area (Å²) >= 11 is 0. The van der Waals surface area contributed by atoms with E-state index in [1.165, 1.54) is 23.3 Å². The highest BCUT2D eigenvalue weighted by molar-refractivity contribution is 5.65. The van der Waals surface area contributed by atoms with Crippen LogP contribution in [0.15, 0.2) is 54.9 Å². The van der Waals surface area contributed by atoms with Crippen molar-refractivity contribution in [2.45, 2.75) is 31.9 Å². The van der Waals surface area contributed by atoms with Crippen molar-refractivity contribution in [2.24, 2.45) is 0 Å². The molecule has 2 aromatic carbocycles. The molecule has 2 atom stereocenters. The molecule has 3 aromatic rings. The number of fused-ring (bicyclic) bond motifs is 1. The summed E-state index contributed by atoms with van der Waals surface area (Å²) in [6.07, 6.45) is 2.68. The van der Waals surface area contributed by atoms with Crippen LogP contribution in [0, 0.1) is 5.82 Å². The van der Waals surface area contributed by atoms with Gasteiger partial charge in [-0.05, 0) is 48.2 Å². The number of hydrogen-bond donors (Lipinski definition) is 2. The quantitative estimate of drug-likeness (QED) is 0.640. The largest absolute Gasteiger partial charge is 0.392 e. The third kappa shape index (κ3) is 4.31. The van der Waals surface area contributed by atoms with Crippen molar-refractivity contribution >= 4 is 17.3 Å². The fourth-order valence-corrected chi connectivity index (χ4v) is 4.76. The van der Waals surface area contributed by atoms with Gasteiger partial charge in [-0.2, -0.15) is 0 Å². The smallest absolute Gasteiger partial charge is 0.135 e. The zero-order chi connectivity index (χ0) is 22.1. The first-order valence-electron chi connectivity index (χ1n) is 11.2. The number of piperazine rings is 1. The molecule has 0 saturated carbocycles. The zero-order valence-corrected chi connectivity index (χ0v) is 18.2. The second-order valence-electron chi connectivity index (χ2n) is 8.64. The second-order valence-corrected chi connectivity index (χ2v) is 8.64. The highest BCUT2D eigenvalue weighted by Gasteiger charge is 2.24. The van der Waals surface area contributed by atoms with E-state index < -0.39 is 0 Å². The van der Waals surface area contributed by atoms with Crippen molar-refractivity contribution in [2.75, 3.05) is 36.4 Å². The molecule has 1 aromatic heterocycles. The van der Waals surface area contributed by atoms with E-state index in [0.717, 1.165) is 49.1 Å². The molecule has 6 nitrogen and oxygen atoms in total. The Bertz CT molecular complexity index is 1080. The minimum Gasteiger partial charge on any atom is -0.392 e. The lowest BCUT2D eigenvalue weighted by Crippen LogP contribution is -2.47. The van der Waals surface area contributed by atoms with Crippen molar-refractivity contribution in [1.82, 2.24) is 14.9 Å². The van der Waals surface area contributed by atoms with Crippen LogP contribution >= 0.6 is 0 Å². The van der Waals surface area contributed by atoms with Gasteiger partial charge in [-0.1, -0.05) is 24.3 Å². The summed E-state index contributed by atoms with van der Waals surface area (Å²) in [5, 5.41) is 13.4. The summed E-state index contributed by atoms with van der Waals surface area (Å²) in [5.74, 6) is 1.46. The first kappa shape index (κ1) is 20.8. The molecule has 1 aliphatic carbocycles. The van der Waals surface area contributed by atoms with Crippen LogP contribution in [0.25, 0.3) is 0 Å². The van der Waals surface area contributed by atoms with Crippen LogP contribution in [-0.4, -0.2) is 52.3 Å². The van der Waals surface area contributed by atoms with Crippen molar-refractivity contribution in [1.29, 1.82) is 0 Å². The molecule has 2 heterocycles. The summed E-state index contributed by atoms with van der Waals surface area (Å²) in [6, 6.07) is 15.2. The summed E-state index contributed by atoms with van der Waals surface area (Å²) in [6.45, 7) is 5.74. The van der Waals surface area contributed by atoms with Gasteiger partial charge in [-0.25, -0.2) is 14.4 Å². The van der Waals surface area contributed by atoms with E-state index >= 15 is 0 Å². The van der Waals surface area contributed by atoms with E-state index in [-0.39, 0.29) is 18.0 Å². The summed E-state index contributed by atoms with van der Waals surface area (Å²) < 4.78 is 13.2. The van der Waals surface area contributed by atoms with Gasteiger partial charge in [-0.3, -0.25) is 4.90 Å². The average molecular weight is 434 g/mol. The molecule has 2 aliphatic rings. The normalized spacial score (nSPS) is 19.6. The van der Waals surface area contributed by atoms with Gasteiger partial charge < -0.3 is 15.3 Å². The van der Waals surface area contributed by atoms with E-state index in [9.17, 15) is 9.50 Å². The van der Waals surface area contributed by atoms with Crippen molar-refractivity contribution in [3.8, 4) is 0 Å². The Hall–Kier alpha value is -3.03. The van der Waals surface area contributed by atoms with Crippen molar-refractivity contribution < 1.29 is 9.50 Å². The van der Waals surface area contributed by atoms with Gasteiger partial charge in [0, 0.05) is 50.4 Å². The molecule has 166 valence electrons. The molecule has 1 saturated heterocycles. The molecule has 0 spiro atoms. The van der Waals surface area contributed by atoms with Crippen LogP contribution in [-0.2, 0) is 12.8 Å². The number of aliphatic hydroxyl groups is 1. The molecule has 0 unspecified atom stereocenters. The first-order valence-corrected chi connectivity index (χ1v) is 11.2. The number of halogens is 1. The molecule has 2 N–H and O–H groups in total. The molecule has 0 amide bonds. The monoisotopic (exact) mass is 433 g/mol. The minimum absolute atomic E-state index is 0.199. The van der Waals surface area contributed by atoms with Gasteiger partial charge >= 0.3 is 0 Å². The van der Waals surface area contributed by atoms with Gasteiger partial charge in [0.25, 0.3) is 0 Å². The summed E-state index contributed by atoms with van der Waals surface area (Å²) in [5.41, 5.74) is 4.50. The third-order valence-electron chi connectivity index (χ3n) is 6.62. The molecule has 1 aliphatic heterocycles. The van der Waals surface area contributed by atoms with Gasteiger partial charge in [0.05, 0.1) is 6.10 Å². The Labute approximate surface area is 187 Å². The van der Waals surface area contributed by atoms with Gasteiger partial charge in [-0.15, -0.1) is 0 Å². The molecule has 5 rings (SSSR count). The van der Waals surface area contributed by atoms with Crippen LogP contribution in [0.1, 0.15) is 29.7 Å². The number of nitrogens with zero attached hydrogens (tertiary/aromatic N) is 4. The number of nitrogens with one attached hydrogen (secondary N) is 1. The Morgan fingerprint density at radius 1 is 1.03 bits per heavy atom. The average Bonchev–Trinajstić information content (AvgIpc) is 3.21. The van der Waals surface area contributed by atoms with E-state index in [1.807, 2.05) is 30.3 Å². The Morgan fingerprint density at radius 3 is 2.59 bits per heavy atom. The maximum atomic E-state index is 13.2. The van der Waals surface area contributed by atoms with Crippen LogP contribution in [0.2, 0.25) is 0 Å². The molecule has 0 radical (unpaired) electrons. The summed E-state index contributed by atoms with van der Waals surface area (Å²) in [4.78, 5) is 13.6. The number of anilines is 3. The fraction of sp³-hybridized carbons (Fsp3) is 0.360. The van der Waals surface area contributed by atoms with Crippen molar-refractivity contribution in [3.05, 3.63) is 77.4 Å². The fourth-order valence-electron chi connectivity index (χ4n) is 4.76. The van der Waals surface area contributed by atoms with E-state index in [0.29, 0.717) is 12.8 Å². The molecular formula is C25H28FN5O. The number of rotatable bonds is 5. The maximum Gasteiger partial charge on any atom is 0.135 e. The number of benzene rings is 2. The van der Waals surface area contributed by atoms with Crippen LogP contribution in [0.3, 0.4) is 0 Å². The topological polar surface area (TPSA) is 64.5 Å². The molecule has 0 bridgehead atoms. The molecule has 7 heteroatoms. The molecule has 1 fully saturated rings. The third-order valence-corrected chi connectivity index (χ3v) is 6.62. The first-order chi connectivity index (χ1) is 15.6. The second kappa shape index (κ2) is 8.84. The predicted octanol–water partition coefficient (Wildman–Crippen LogP) is 3.70. The Balaban J connectivity index is 1.24. The molecular weight excluding hydrogens is 405 g/mol. The predicted molar refractivity (Wildman–Crippen MR) is 124 cm³/mol. The van der Waals surface area contributed by atoms with Gasteiger partial charge in [0.2, 0.25) is 0 Å². The van der Waals surface area contributed by atoms with E-state index in [4.69, 9.17) is 0 Å². The molecule has 32 heavy (non-hydrogen) atoms. The van der Waals surface area contributed by atoms with Crippen LogP contribution in [0.4, 0.5) is 21.7 Å². The Kier molecular flexibility index (Phi) is 5.76. The van der Waals surface area contributed by atoms with Crippen LogP contribution in [0.5, 0.6) is 0 Å². The number of aliphatic hydroxyl groups excluding tert-OH is 1. The minimum atomic E-state index is -0.303. The SMILES string of the molecule is C[C@@H](c1ccc(F)cc1)N1CCN(c2cc(Nc3cccc4c3C[C@H](O)C4)ncn2)CC1. The zero-order valence-electron chi connectivity index (χ0n) is 18.2. The number of hydrogen-bond acceptors (Lipinski definition) is 6. The summed E-state index contributed by atoms with van der Waals surface area (Å²) in [7, 11) is 0. The maximum absolute atomic E-state index is 13.2. The Morgan fingerprint density at radius 2 is 1.81 bits per heavy atom. The van der Waals surface area contributed by atoms with Crippen LogP contribution < -0.4 is 10.2 Å². The standard InChI is InChI=1S/C25H28FN5O/c1-17(18-5-7-20(26)8-6-18)30-9-11-31(12-10-30)25-15-24(27-16-28-25)29-23-4-2-3-19-13-21(32)14-22(19)23/h2-8,15-17,21,32H,9-14H2,1H3,(H,27,28,29)/t17-,21+/m0/s1. The lowest BCUT2D eigenvalue weighted by Gasteiger charge is -2.38. The highest BCUT2D eigenvalue weighted by atomic mass is 19.1. The van der Waals surface area contributed by atoms with E-state index in [1.54, 1.807) is 6.33 Å².